The van der Waals surface area contributed by atoms with Crippen molar-refractivity contribution in [1.29, 1.82) is 0 Å². The Hall–Kier alpha value is -3.28. The van der Waals surface area contributed by atoms with Crippen LogP contribution < -0.4 is 15.0 Å². The van der Waals surface area contributed by atoms with Gasteiger partial charge in [0.25, 0.3) is 5.91 Å². The van der Waals surface area contributed by atoms with Crippen LogP contribution in [0.4, 0.5) is 11.4 Å². The molecule has 2 amide bonds. The lowest BCUT2D eigenvalue weighted by Gasteiger charge is -2.35. The molecular formula is C23H25N3O3. The van der Waals surface area contributed by atoms with Crippen LogP contribution in [0.15, 0.2) is 55.1 Å². The maximum absolute atomic E-state index is 12.1. The normalized spacial score (nSPS) is 17.8. The number of nitrogens with one attached hydrogen (secondary N) is 1. The molecule has 4 rings (SSSR count). The number of fused-ring (bicyclic) bond motifs is 1. The van der Waals surface area contributed by atoms with Gasteiger partial charge in [-0.15, -0.1) is 0 Å². The van der Waals surface area contributed by atoms with E-state index in [4.69, 9.17) is 4.74 Å². The van der Waals surface area contributed by atoms with Crippen LogP contribution in [-0.2, 0) is 9.59 Å². The van der Waals surface area contributed by atoms with Gasteiger partial charge in [0, 0.05) is 31.9 Å². The first-order valence-electron chi connectivity index (χ1n) is 9.78. The second-order valence-electron chi connectivity index (χ2n) is 7.84. The molecule has 1 N–H and O–H groups in total. The van der Waals surface area contributed by atoms with E-state index >= 15 is 0 Å². The molecule has 1 saturated heterocycles. The maximum Gasteiger partial charge on any atom is 0.268 e. The van der Waals surface area contributed by atoms with E-state index in [2.05, 4.69) is 35.0 Å². The second-order valence-corrected chi connectivity index (χ2v) is 7.84. The van der Waals surface area contributed by atoms with Crippen LogP contribution in [0.2, 0.25) is 0 Å². The van der Waals surface area contributed by atoms with Crippen LogP contribution in [0.25, 0.3) is 11.1 Å². The zero-order valence-corrected chi connectivity index (χ0v) is 16.8. The molecule has 2 aliphatic heterocycles. The lowest BCUT2D eigenvalue weighted by Crippen LogP contribution is -2.48. The molecule has 0 saturated carbocycles. The average molecular weight is 391 g/mol. The standard InChI is InChI=1S/C23H25N3O3/c1-4-21(27)26-12-10-25(11-13-26)18-7-5-6-16(14-18)17-8-9-19-20(15-17)29-23(2,3)22(28)24-19/h4-9,14-15H,1,10-13H2,2-3H3,(H,24,28). The SMILES string of the molecule is C=CC(=O)N1CCN(c2cccc(-c3ccc4c(c3)OC(C)(C)C(=O)N4)c2)CC1. The molecule has 0 radical (unpaired) electrons. The Balaban J connectivity index is 1.55. The van der Waals surface area contributed by atoms with Crippen LogP contribution in [-0.4, -0.2) is 48.5 Å². The summed E-state index contributed by atoms with van der Waals surface area (Å²) in [6, 6.07) is 14.2. The number of benzene rings is 2. The first-order chi connectivity index (χ1) is 13.9. The number of hydrogen-bond acceptors (Lipinski definition) is 4. The number of carbonyl (C=O) groups is 2. The van der Waals surface area contributed by atoms with Gasteiger partial charge in [0.1, 0.15) is 5.75 Å². The number of hydrogen-bond donors (Lipinski definition) is 1. The van der Waals surface area contributed by atoms with Gasteiger partial charge in [-0.3, -0.25) is 9.59 Å². The quantitative estimate of drug-likeness (QED) is 0.816. The number of amides is 2. The highest BCUT2D eigenvalue weighted by Crippen LogP contribution is 2.37. The van der Waals surface area contributed by atoms with Gasteiger partial charge in [-0.2, -0.15) is 0 Å². The molecule has 0 bridgehead atoms. The minimum absolute atomic E-state index is 0.0116. The number of rotatable bonds is 3. The molecule has 0 aliphatic carbocycles. The minimum atomic E-state index is -0.893. The van der Waals surface area contributed by atoms with Crippen LogP contribution in [0.5, 0.6) is 5.75 Å². The Morgan fingerprint density at radius 3 is 2.55 bits per heavy atom. The predicted octanol–water partition coefficient (Wildman–Crippen LogP) is 3.30. The molecule has 0 spiro atoms. The van der Waals surface area contributed by atoms with Gasteiger partial charge in [0.2, 0.25) is 5.91 Å². The highest BCUT2D eigenvalue weighted by atomic mass is 16.5. The molecule has 0 atom stereocenters. The Morgan fingerprint density at radius 2 is 1.83 bits per heavy atom. The molecule has 2 heterocycles. The first kappa shape index (κ1) is 19.1. The molecule has 2 aliphatic rings. The van der Waals surface area contributed by atoms with Crippen molar-refractivity contribution in [3.8, 4) is 16.9 Å². The number of anilines is 2. The summed E-state index contributed by atoms with van der Waals surface area (Å²) in [6.07, 6.45) is 1.37. The predicted molar refractivity (Wildman–Crippen MR) is 114 cm³/mol. The molecule has 0 unspecified atom stereocenters. The van der Waals surface area contributed by atoms with Crippen LogP contribution in [0.3, 0.4) is 0 Å². The largest absolute Gasteiger partial charge is 0.476 e. The van der Waals surface area contributed by atoms with Crippen molar-refractivity contribution in [2.24, 2.45) is 0 Å². The summed E-state index contributed by atoms with van der Waals surface area (Å²) in [5, 5.41) is 2.90. The molecule has 6 heteroatoms. The van der Waals surface area contributed by atoms with Gasteiger partial charge in [-0.25, -0.2) is 0 Å². The van der Waals surface area contributed by atoms with Crippen LogP contribution >= 0.6 is 0 Å². The average Bonchev–Trinajstić information content (AvgIpc) is 2.73. The lowest BCUT2D eigenvalue weighted by atomic mass is 10.0. The number of ether oxygens (including phenoxy) is 1. The zero-order chi connectivity index (χ0) is 20.6. The summed E-state index contributed by atoms with van der Waals surface area (Å²) < 4.78 is 5.92. The Labute approximate surface area is 170 Å². The molecule has 29 heavy (non-hydrogen) atoms. The van der Waals surface area contributed by atoms with E-state index in [-0.39, 0.29) is 11.8 Å². The highest BCUT2D eigenvalue weighted by molar-refractivity contribution is 6.00. The van der Waals surface area contributed by atoms with Gasteiger partial charge >= 0.3 is 0 Å². The van der Waals surface area contributed by atoms with Crippen LogP contribution in [0, 0.1) is 0 Å². The summed E-state index contributed by atoms with van der Waals surface area (Å²) in [7, 11) is 0. The molecule has 0 aromatic heterocycles. The third kappa shape index (κ3) is 3.70. The van der Waals surface area contributed by atoms with Crippen molar-refractivity contribution in [3.05, 3.63) is 55.1 Å². The fourth-order valence-electron chi connectivity index (χ4n) is 3.68. The van der Waals surface area contributed by atoms with E-state index in [1.165, 1.54) is 6.08 Å². The molecule has 1 fully saturated rings. The van der Waals surface area contributed by atoms with E-state index in [1.807, 2.05) is 29.2 Å². The van der Waals surface area contributed by atoms with Gasteiger partial charge < -0.3 is 19.9 Å². The summed E-state index contributed by atoms with van der Waals surface area (Å²) >= 11 is 0. The van der Waals surface area contributed by atoms with Crippen molar-refractivity contribution >= 4 is 23.2 Å². The van der Waals surface area contributed by atoms with E-state index in [0.717, 1.165) is 29.9 Å². The zero-order valence-electron chi connectivity index (χ0n) is 16.8. The van der Waals surface area contributed by atoms with Gasteiger partial charge in [-0.05, 0) is 55.3 Å². The molecular weight excluding hydrogens is 366 g/mol. The van der Waals surface area contributed by atoms with Crippen molar-refractivity contribution < 1.29 is 14.3 Å². The number of piperazine rings is 1. The fourth-order valence-corrected chi connectivity index (χ4v) is 3.68. The van der Waals surface area contributed by atoms with E-state index in [9.17, 15) is 9.59 Å². The van der Waals surface area contributed by atoms with Crippen molar-refractivity contribution in [2.45, 2.75) is 19.4 Å². The minimum Gasteiger partial charge on any atom is -0.476 e. The van der Waals surface area contributed by atoms with Gasteiger partial charge in [0.15, 0.2) is 5.60 Å². The Morgan fingerprint density at radius 1 is 1.10 bits per heavy atom. The van der Waals surface area contributed by atoms with E-state index in [1.54, 1.807) is 13.8 Å². The maximum atomic E-state index is 12.1. The van der Waals surface area contributed by atoms with Crippen molar-refractivity contribution in [3.63, 3.8) is 0 Å². The summed E-state index contributed by atoms with van der Waals surface area (Å²) in [6.45, 7) is 10.0. The van der Waals surface area contributed by atoms with Gasteiger partial charge in [0.05, 0.1) is 5.69 Å². The lowest BCUT2D eigenvalue weighted by molar-refractivity contribution is -0.129. The van der Waals surface area contributed by atoms with Crippen molar-refractivity contribution in [1.82, 2.24) is 4.90 Å². The summed E-state index contributed by atoms with van der Waals surface area (Å²) in [5.41, 5.74) is 3.03. The molecule has 6 nitrogen and oxygen atoms in total. The van der Waals surface area contributed by atoms with E-state index in [0.29, 0.717) is 24.5 Å². The topological polar surface area (TPSA) is 61.9 Å². The third-order valence-electron chi connectivity index (χ3n) is 5.45. The summed E-state index contributed by atoms with van der Waals surface area (Å²) in [5.74, 6) is 0.519. The van der Waals surface area contributed by atoms with Crippen LogP contribution in [0.1, 0.15) is 13.8 Å². The summed E-state index contributed by atoms with van der Waals surface area (Å²) in [4.78, 5) is 28.0. The highest BCUT2D eigenvalue weighted by Gasteiger charge is 2.35. The van der Waals surface area contributed by atoms with Gasteiger partial charge in [-0.1, -0.05) is 24.8 Å². The first-order valence-corrected chi connectivity index (χ1v) is 9.78. The molecule has 150 valence electrons. The molecule has 2 aromatic carbocycles. The second kappa shape index (κ2) is 7.28. The number of carbonyl (C=O) groups excluding carboxylic acids is 2. The Bertz CT molecular complexity index is 975. The molecule has 2 aromatic rings. The number of nitrogens with zero attached hydrogens (tertiary/aromatic N) is 2. The smallest absolute Gasteiger partial charge is 0.268 e. The monoisotopic (exact) mass is 391 g/mol. The van der Waals surface area contributed by atoms with E-state index < -0.39 is 5.60 Å². The Kier molecular flexibility index (Phi) is 4.78. The third-order valence-corrected chi connectivity index (χ3v) is 5.45. The van der Waals surface area contributed by atoms with Crippen molar-refractivity contribution in [2.75, 3.05) is 36.4 Å². The fraction of sp³-hybridized carbons (Fsp3) is 0.304.